The number of hydrogen-bond acceptors (Lipinski definition) is 8. The smallest absolute Gasteiger partial charge is 0.353 e. The molecule has 8 nitrogen and oxygen atoms in total. The first-order valence-corrected chi connectivity index (χ1v) is 9.38. The quantitative estimate of drug-likeness (QED) is 0.342. The lowest BCUT2D eigenvalue weighted by atomic mass is 9.96. The average molecular weight is 396 g/mol. The van der Waals surface area contributed by atoms with Gasteiger partial charge in [-0.2, -0.15) is 9.97 Å². The minimum Gasteiger partial charge on any atom is -0.375 e. The first kappa shape index (κ1) is 18.7. The Balaban J connectivity index is 2.01. The molecule has 3 rings (SSSR count). The van der Waals surface area contributed by atoms with Gasteiger partial charge in [0.1, 0.15) is 0 Å². The van der Waals surface area contributed by atoms with Crippen molar-refractivity contribution in [2.75, 3.05) is 36.7 Å². The zero-order chi connectivity index (χ0) is 18.9. The molecule has 0 saturated carbocycles. The fourth-order valence-electron chi connectivity index (χ4n) is 2.70. The second-order valence-corrected chi connectivity index (χ2v) is 7.34. The lowest BCUT2D eigenvalue weighted by Gasteiger charge is -2.47. The molecule has 10 heteroatoms. The number of thioether (sulfide) groups is 1. The molecule has 138 valence electrons. The summed E-state index contributed by atoms with van der Waals surface area (Å²) < 4.78 is 5.43. The Hall–Kier alpha value is -2.10. The van der Waals surface area contributed by atoms with Crippen molar-refractivity contribution in [2.24, 2.45) is 0 Å². The number of halogens is 1. The van der Waals surface area contributed by atoms with Crippen LogP contribution in [-0.2, 0) is 4.74 Å². The molecule has 0 radical (unpaired) electrons. The Morgan fingerprint density at radius 3 is 2.54 bits per heavy atom. The summed E-state index contributed by atoms with van der Waals surface area (Å²) >= 11 is 7.22. The van der Waals surface area contributed by atoms with E-state index in [-0.39, 0.29) is 17.1 Å². The van der Waals surface area contributed by atoms with E-state index in [1.807, 2.05) is 18.1 Å². The Morgan fingerprint density at radius 2 is 2.00 bits per heavy atom. The summed E-state index contributed by atoms with van der Waals surface area (Å²) in [4.78, 5) is 21.8. The minimum absolute atomic E-state index is 0.151. The summed E-state index contributed by atoms with van der Waals surface area (Å²) in [7, 11) is 1.63. The van der Waals surface area contributed by atoms with Crippen molar-refractivity contribution in [1.82, 2.24) is 9.97 Å². The third-order valence-corrected chi connectivity index (χ3v) is 4.96. The normalized spacial score (nSPS) is 15.5. The number of anilines is 3. The molecule has 1 N–H and O–H groups in total. The lowest BCUT2D eigenvalue weighted by Crippen LogP contribution is -2.61. The number of rotatable bonds is 6. The molecule has 0 bridgehead atoms. The van der Waals surface area contributed by atoms with E-state index in [9.17, 15) is 10.1 Å². The van der Waals surface area contributed by atoms with Gasteiger partial charge in [0.25, 0.3) is 0 Å². The fraction of sp³-hybridized carbons (Fsp3) is 0.375. The zero-order valence-electron chi connectivity index (χ0n) is 14.5. The van der Waals surface area contributed by atoms with Gasteiger partial charge in [-0.1, -0.05) is 23.4 Å². The van der Waals surface area contributed by atoms with E-state index in [0.717, 1.165) is 0 Å². The van der Waals surface area contributed by atoms with Crippen molar-refractivity contribution >= 4 is 46.4 Å². The molecule has 2 aromatic rings. The van der Waals surface area contributed by atoms with Gasteiger partial charge in [0.05, 0.1) is 23.6 Å². The van der Waals surface area contributed by atoms with Crippen molar-refractivity contribution in [1.29, 1.82) is 0 Å². The molecule has 1 aromatic heterocycles. The number of hydrogen-bond donors (Lipinski definition) is 1. The van der Waals surface area contributed by atoms with E-state index >= 15 is 0 Å². The second kappa shape index (κ2) is 7.26. The number of nitrogens with one attached hydrogen (secondary N) is 1. The third-order valence-electron chi connectivity index (χ3n) is 4.16. The Bertz CT molecular complexity index is 827. The highest BCUT2D eigenvalue weighted by Gasteiger charge is 2.43. The maximum absolute atomic E-state index is 11.8. The molecule has 1 aromatic carbocycles. The second-order valence-electron chi connectivity index (χ2n) is 6.13. The van der Waals surface area contributed by atoms with Crippen LogP contribution in [0.2, 0.25) is 5.02 Å². The predicted octanol–water partition coefficient (Wildman–Crippen LogP) is 3.73. The molecule has 1 aliphatic heterocycles. The monoisotopic (exact) mass is 395 g/mol. The SMILES string of the molecule is COC1(C)CN(c2nc(SC)nc(Nc3ccc(Cl)cc3)c2[N+](=O)[O-])C1. The first-order valence-electron chi connectivity index (χ1n) is 7.78. The predicted molar refractivity (Wildman–Crippen MR) is 103 cm³/mol. The van der Waals surface area contributed by atoms with Crippen LogP contribution in [0.4, 0.5) is 23.0 Å². The number of nitrogens with zero attached hydrogens (tertiary/aromatic N) is 4. The number of ether oxygens (including phenoxy) is 1. The zero-order valence-corrected chi connectivity index (χ0v) is 16.1. The number of aromatic nitrogens is 2. The molecule has 1 aliphatic rings. The highest BCUT2D eigenvalue weighted by molar-refractivity contribution is 7.98. The largest absolute Gasteiger partial charge is 0.375 e. The van der Waals surface area contributed by atoms with Gasteiger partial charge in [-0.15, -0.1) is 0 Å². The van der Waals surface area contributed by atoms with Crippen molar-refractivity contribution in [2.45, 2.75) is 17.7 Å². The topological polar surface area (TPSA) is 93.4 Å². The van der Waals surface area contributed by atoms with Gasteiger partial charge >= 0.3 is 5.69 Å². The van der Waals surface area contributed by atoms with Gasteiger partial charge < -0.3 is 15.0 Å². The highest BCUT2D eigenvalue weighted by atomic mass is 35.5. The summed E-state index contributed by atoms with van der Waals surface area (Å²) in [6.07, 6.45) is 1.83. The van der Waals surface area contributed by atoms with Gasteiger partial charge in [0.15, 0.2) is 5.16 Å². The Kier molecular flexibility index (Phi) is 5.22. The van der Waals surface area contributed by atoms with Crippen LogP contribution in [0.25, 0.3) is 0 Å². The Labute approximate surface area is 160 Å². The first-order chi connectivity index (χ1) is 12.3. The van der Waals surface area contributed by atoms with Crippen LogP contribution in [0.1, 0.15) is 6.92 Å². The molecular formula is C16H18ClN5O3S. The van der Waals surface area contributed by atoms with E-state index < -0.39 is 4.92 Å². The average Bonchev–Trinajstić information content (AvgIpc) is 2.60. The summed E-state index contributed by atoms with van der Waals surface area (Å²) in [6, 6.07) is 6.87. The fourth-order valence-corrected chi connectivity index (χ4v) is 3.19. The summed E-state index contributed by atoms with van der Waals surface area (Å²) in [6.45, 7) is 3.00. The van der Waals surface area contributed by atoms with E-state index in [2.05, 4.69) is 15.3 Å². The van der Waals surface area contributed by atoms with Crippen LogP contribution in [-0.4, -0.2) is 46.9 Å². The van der Waals surface area contributed by atoms with Crippen molar-refractivity contribution < 1.29 is 9.66 Å². The molecule has 1 saturated heterocycles. The van der Waals surface area contributed by atoms with Crippen LogP contribution in [0.15, 0.2) is 29.4 Å². The lowest BCUT2D eigenvalue weighted by molar-refractivity contribution is -0.383. The van der Waals surface area contributed by atoms with E-state index in [1.165, 1.54) is 11.8 Å². The van der Waals surface area contributed by atoms with Crippen molar-refractivity contribution in [3.8, 4) is 0 Å². The molecule has 1 fully saturated rings. The molecule has 0 aliphatic carbocycles. The molecule has 0 amide bonds. The number of benzene rings is 1. The maximum atomic E-state index is 11.8. The van der Waals surface area contributed by atoms with Crippen LogP contribution >= 0.6 is 23.4 Å². The van der Waals surface area contributed by atoms with Crippen LogP contribution in [0.5, 0.6) is 0 Å². The van der Waals surface area contributed by atoms with Gasteiger partial charge in [-0.25, -0.2) is 0 Å². The molecule has 0 spiro atoms. The minimum atomic E-state index is -0.458. The van der Waals surface area contributed by atoms with Gasteiger partial charge in [-0.3, -0.25) is 10.1 Å². The van der Waals surface area contributed by atoms with Crippen LogP contribution in [0.3, 0.4) is 0 Å². The Morgan fingerprint density at radius 1 is 1.35 bits per heavy atom. The van der Waals surface area contributed by atoms with Crippen molar-refractivity contribution in [3.05, 3.63) is 39.4 Å². The maximum Gasteiger partial charge on any atom is 0.353 e. The molecule has 0 atom stereocenters. The van der Waals surface area contributed by atoms with Crippen LogP contribution < -0.4 is 10.2 Å². The van der Waals surface area contributed by atoms with E-state index in [1.54, 1.807) is 31.4 Å². The summed E-state index contributed by atoms with van der Waals surface area (Å²) in [5, 5.41) is 15.8. The van der Waals surface area contributed by atoms with E-state index in [0.29, 0.717) is 34.8 Å². The number of methoxy groups -OCH3 is 1. The van der Waals surface area contributed by atoms with Gasteiger partial charge in [0, 0.05) is 17.8 Å². The van der Waals surface area contributed by atoms with E-state index in [4.69, 9.17) is 16.3 Å². The highest BCUT2D eigenvalue weighted by Crippen LogP contribution is 2.40. The molecule has 2 heterocycles. The third kappa shape index (κ3) is 3.69. The molecular weight excluding hydrogens is 378 g/mol. The summed E-state index contributed by atoms with van der Waals surface area (Å²) in [5.74, 6) is 0.443. The van der Waals surface area contributed by atoms with Gasteiger partial charge in [-0.05, 0) is 37.4 Å². The van der Waals surface area contributed by atoms with Crippen LogP contribution in [0, 0.1) is 10.1 Å². The van der Waals surface area contributed by atoms with Gasteiger partial charge in [0.2, 0.25) is 11.6 Å². The summed E-state index contributed by atoms with van der Waals surface area (Å²) in [5.41, 5.74) is 0.165. The number of nitro groups is 1. The molecule has 26 heavy (non-hydrogen) atoms. The van der Waals surface area contributed by atoms with Crippen molar-refractivity contribution in [3.63, 3.8) is 0 Å². The molecule has 0 unspecified atom stereocenters. The standard InChI is InChI=1S/C16H18ClN5O3S/c1-16(25-2)8-21(9-16)14-12(22(23)24)13(19-15(20-14)26-3)18-11-6-4-10(17)5-7-11/h4-7H,8-9H2,1-3H3,(H,18,19,20).